The molecule has 0 aromatic heterocycles. The van der Waals surface area contributed by atoms with E-state index < -0.39 is 18.0 Å². The molecule has 0 spiro atoms. The zero-order valence-corrected chi connectivity index (χ0v) is 13.8. The van der Waals surface area contributed by atoms with Gasteiger partial charge in [-0.15, -0.1) is 0 Å². The minimum atomic E-state index is -0.863. The van der Waals surface area contributed by atoms with E-state index in [1.54, 1.807) is 0 Å². The highest BCUT2D eigenvalue weighted by atomic mass is 16.2. The van der Waals surface area contributed by atoms with Crippen LogP contribution in [0.25, 0.3) is 10.8 Å². The van der Waals surface area contributed by atoms with Gasteiger partial charge in [0.05, 0.1) is 0 Å². The molecular formula is C20H19N3O2. The first-order chi connectivity index (χ1) is 12.1. The molecule has 0 saturated carbocycles. The molecule has 3 N–H and O–H groups in total. The maximum atomic E-state index is 12.6. The molecule has 3 amide bonds. The van der Waals surface area contributed by atoms with E-state index in [0.29, 0.717) is 0 Å². The fraction of sp³-hybridized carbons (Fsp3) is 0.100. The summed E-state index contributed by atoms with van der Waals surface area (Å²) in [5, 5.41) is 4.39. The molecule has 5 nitrogen and oxygen atoms in total. The minimum absolute atomic E-state index is 0.464. The molecule has 0 fully saturated rings. The number of urea groups is 1. The zero-order chi connectivity index (χ0) is 17.8. The van der Waals surface area contributed by atoms with Gasteiger partial charge in [-0.05, 0) is 28.5 Å². The number of carbonyl (C=O) groups excluding carboxylic acids is 2. The maximum absolute atomic E-state index is 12.6. The number of anilines is 1. The lowest BCUT2D eigenvalue weighted by Crippen LogP contribution is -2.43. The van der Waals surface area contributed by atoms with Crippen LogP contribution in [0.15, 0.2) is 72.8 Å². The fourth-order valence-electron chi connectivity index (χ4n) is 2.92. The van der Waals surface area contributed by atoms with Gasteiger partial charge >= 0.3 is 6.03 Å². The molecule has 3 rings (SSSR count). The van der Waals surface area contributed by atoms with Gasteiger partial charge in [0.2, 0.25) is 0 Å². The van der Waals surface area contributed by atoms with Gasteiger partial charge in [-0.1, -0.05) is 60.7 Å². The summed E-state index contributed by atoms with van der Waals surface area (Å²) in [6.45, 7) is 0. The third-order valence-corrected chi connectivity index (χ3v) is 4.14. The Morgan fingerprint density at radius 2 is 1.56 bits per heavy atom. The second-order valence-corrected chi connectivity index (χ2v) is 5.81. The molecule has 3 aromatic rings. The summed E-state index contributed by atoms with van der Waals surface area (Å²) in [5.41, 5.74) is 6.78. The zero-order valence-electron chi connectivity index (χ0n) is 13.8. The average Bonchev–Trinajstić information content (AvgIpc) is 2.61. The molecule has 0 aliphatic rings. The van der Waals surface area contributed by atoms with E-state index in [9.17, 15) is 9.59 Å². The lowest BCUT2D eigenvalue weighted by Gasteiger charge is -2.29. The van der Waals surface area contributed by atoms with Gasteiger partial charge < -0.3 is 10.6 Å². The van der Waals surface area contributed by atoms with Crippen molar-refractivity contribution in [1.29, 1.82) is 0 Å². The number of nitrogens with one attached hydrogen (secondary N) is 1. The molecule has 0 unspecified atom stereocenters. The van der Waals surface area contributed by atoms with Crippen LogP contribution >= 0.6 is 0 Å². The number of amides is 3. The molecule has 1 atom stereocenters. The van der Waals surface area contributed by atoms with Crippen molar-refractivity contribution in [1.82, 2.24) is 5.32 Å². The lowest BCUT2D eigenvalue weighted by atomic mass is 10.0. The van der Waals surface area contributed by atoms with Crippen molar-refractivity contribution in [2.75, 3.05) is 11.9 Å². The summed E-state index contributed by atoms with van der Waals surface area (Å²) in [6, 6.07) is 21.7. The number of carbonyl (C=O) groups is 2. The first-order valence-electron chi connectivity index (χ1n) is 7.93. The van der Waals surface area contributed by atoms with Gasteiger partial charge in [-0.2, -0.15) is 0 Å². The molecule has 0 bridgehead atoms. The topological polar surface area (TPSA) is 75.4 Å². The molecule has 0 saturated heterocycles. The van der Waals surface area contributed by atoms with Crippen molar-refractivity contribution in [2.45, 2.75) is 6.04 Å². The normalized spacial score (nSPS) is 11.7. The third-order valence-electron chi connectivity index (χ3n) is 4.14. The fourth-order valence-corrected chi connectivity index (χ4v) is 2.92. The lowest BCUT2D eigenvalue weighted by molar-refractivity contribution is -0.121. The first-order valence-corrected chi connectivity index (χ1v) is 7.93. The van der Waals surface area contributed by atoms with E-state index in [0.717, 1.165) is 22.0 Å². The molecule has 0 radical (unpaired) electrons. The van der Waals surface area contributed by atoms with Crippen LogP contribution in [0.4, 0.5) is 10.5 Å². The highest BCUT2D eigenvalue weighted by molar-refractivity contribution is 5.98. The summed E-state index contributed by atoms with van der Waals surface area (Å²) < 4.78 is 0. The van der Waals surface area contributed by atoms with E-state index in [1.807, 2.05) is 84.7 Å². The van der Waals surface area contributed by atoms with Crippen LogP contribution in [-0.4, -0.2) is 19.0 Å². The van der Waals surface area contributed by atoms with Gasteiger partial charge in [-0.3, -0.25) is 10.1 Å². The van der Waals surface area contributed by atoms with Crippen molar-refractivity contribution in [3.63, 3.8) is 0 Å². The summed E-state index contributed by atoms with van der Waals surface area (Å²) in [6.07, 6.45) is 0. The predicted molar refractivity (Wildman–Crippen MR) is 99.3 cm³/mol. The van der Waals surface area contributed by atoms with Gasteiger partial charge in [0.25, 0.3) is 5.91 Å². The Labute approximate surface area is 146 Å². The van der Waals surface area contributed by atoms with Crippen molar-refractivity contribution < 1.29 is 9.59 Å². The Bertz CT molecular complexity index is 909. The Morgan fingerprint density at radius 3 is 2.24 bits per heavy atom. The number of nitrogens with zero attached hydrogens (tertiary/aromatic N) is 1. The largest absolute Gasteiger partial charge is 0.359 e. The van der Waals surface area contributed by atoms with Crippen molar-refractivity contribution in [3.05, 3.63) is 78.4 Å². The van der Waals surface area contributed by atoms with Crippen LogP contribution in [0.5, 0.6) is 0 Å². The Balaban J connectivity index is 2.01. The van der Waals surface area contributed by atoms with Crippen LogP contribution in [0, 0.1) is 0 Å². The number of hydrogen-bond donors (Lipinski definition) is 2. The molecule has 5 heteroatoms. The molecule has 25 heavy (non-hydrogen) atoms. The number of benzene rings is 3. The van der Waals surface area contributed by atoms with Crippen molar-refractivity contribution in [3.8, 4) is 0 Å². The number of rotatable bonds is 4. The number of imide groups is 1. The van der Waals surface area contributed by atoms with Crippen LogP contribution in [0.1, 0.15) is 11.6 Å². The highest BCUT2D eigenvalue weighted by Gasteiger charge is 2.26. The Morgan fingerprint density at radius 1 is 0.920 bits per heavy atom. The van der Waals surface area contributed by atoms with Crippen molar-refractivity contribution >= 4 is 28.4 Å². The minimum Gasteiger partial charge on any atom is -0.359 e. The summed E-state index contributed by atoms with van der Waals surface area (Å²) in [4.78, 5) is 25.6. The Hall–Kier alpha value is -3.34. The standard InChI is InChI=1S/C20H19N3O2/c1-23(17-12-11-14-7-5-6-10-16(14)13-17)18(19(24)22-20(21)25)15-8-3-2-4-9-15/h2-13,18H,1H3,(H3,21,22,24,25)/t18-/m0/s1. The quantitative estimate of drug-likeness (QED) is 0.770. The SMILES string of the molecule is CN(c1ccc2ccccc2c1)[C@H](C(=O)NC(N)=O)c1ccccc1. The highest BCUT2D eigenvalue weighted by Crippen LogP contribution is 2.28. The van der Waals surface area contributed by atoms with Crippen LogP contribution in [0.2, 0.25) is 0 Å². The molecule has 3 aromatic carbocycles. The second-order valence-electron chi connectivity index (χ2n) is 5.81. The number of nitrogens with two attached hydrogens (primary N) is 1. The summed E-state index contributed by atoms with van der Waals surface area (Å²) in [5.74, 6) is -0.464. The van der Waals surface area contributed by atoms with E-state index in [2.05, 4.69) is 5.32 Å². The van der Waals surface area contributed by atoms with E-state index in [1.165, 1.54) is 0 Å². The van der Waals surface area contributed by atoms with Crippen LogP contribution in [0.3, 0.4) is 0 Å². The Kier molecular flexibility index (Phi) is 4.66. The van der Waals surface area contributed by atoms with Gasteiger partial charge in [0, 0.05) is 12.7 Å². The van der Waals surface area contributed by atoms with Gasteiger partial charge in [0.1, 0.15) is 6.04 Å². The third kappa shape index (κ3) is 3.61. The van der Waals surface area contributed by atoms with E-state index >= 15 is 0 Å². The number of likely N-dealkylation sites (N-methyl/N-ethyl adjacent to an activating group) is 1. The number of primary amides is 1. The second kappa shape index (κ2) is 7.05. The molecule has 0 aliphatic heterocycles. The van der Waals surface area contributed by atoms with Crippen molar-refractivity contribution in [2.24, 2.45) is 5.73 Å². The smallest absolute Gasteiger partial charge is 0.318 e. The monoisotopic (exact) mass is 333 g/mol. The molecule has 0 heterocycles. The number of fused-ring (bicyclic) bond motifs is 1. The van der Waals surface area contributed by atoms with Gasteiger partial charge in [0.15, 0.2) is 0 Å². The molecule has 126 valence electrons. The summed E-state index contributed by atoms with van der Waals surface area (Å²) >= 11 is 0. The molecule has 0 aliphatic carbocycles. The van der Waals surface area contributed by atoms with Gasteiger partial charge in [-0.25, -0.2) is 4.79 Å². The maximum Gasteiger partial charge on any atom is 0.318 e. The van der Waals surface area contributed by atoms with Crippen LogP contribution in [-0.2, 0) is 4.79 Å². The van der Waals surface area contributed by atoms with E-state index in [4.69, 9.17) is 5.73 Å². The molecular weight excluding hydrogens is 314 g/mol. The van der Waals surface area contributed by atoms with Crippen LogP contribution < -0.4 is 16.0 Å². The first kappa shape index (κ1) is 16.5. The predicted octanol–water partition coefficient (Wildman–Crippen LogP) is 3.21. The summed E-state index contributed by atoms with van der Waals surface area (Å²) in [7, 11) is 1.82. The number of hydrogen-bond acceptors (Lipinski definition) is 3. The average molecular weight is 333 g/mol. The van der Waals surface area contributed by atoms with E-state index in [-0.39, 0.29) is 0 Å².